The van der Waals surface area contributed by atoms with E-state index in [2.05, 4.69) is 61.9 Å². The van der Waals surface area contributed by atoms with Crippen LogP contribution in [0.15, 0.2) is 72.8 Å². The molecule has 312 valence electrons. The minimum absolute atomic E-state index is 0. The molecule has 0 bridgehead atoms. The van der Waals surface area contributed by atoms with E-state index < -0.39 is 0 Å². The minimum atomic E-state index is -0.0428. The first-order valence-electron chi connectivity index (χ1n) is 20.1. The fourth-order valence-corrected chi connectivity index (χ4v) is 9.21. The van der Waals surface area contributed by atoms with Gasteiger partial charge >= 0.3 is 0 Å². The van der Waals surface area contributed by atoms with E-state index in [-0.39, 0.29) is 37.0 Å². The van der Waals surface area contributed by atoms with Gasteiger partial charge in [-0.1, -0.05) is 79.3 Å². The highest BCUT2D eigenvalue weighted by molar-refractivity contribution is 6.17. The monoisotopic (exact) mass is 810 g/mol. The van der Waals surface area contributed by atoms with Crippen LogP contribution < -0.4 is 0 Å². The van der Waals surface area contributed by atoms with E-state index in [1.165, 1.54) is 22.4 Å². The van der Waals surface area contributed by atoms with Crippen LogP contribution in [-0.2, 0) is 17.2 Å². The van der Waals surface area contributed by atoms with Crippen LogP contribution in [-0.4, -0.2) is 57.5 Å². The van der Waals surface area contributed by atoms with Crippen molar-refractivity contribution in [2.45, 2.75) is 126 Å². The first-order chi connectivity index (χ1) is 27.0. The standard InChI is InChI=1S/C23H29N3O2.C14H12ClN3O.C9H18O.CH4/c1-15-9-17(14-28-18-10-16(2)12-23(3,4)13-18)22(27)21(11-15)26-24-19-7-5-6-8-20(19)25-26;1-9-6-10(8-15)14(19)13(7-9)18-16-11-4-2-3-5-12(11)17-18;1-7-4-8(10)6-9(2,3)5-7;/h5-9,11,16,18,27H,10,12-14H2,1-4H3;2-7,19H,8H2,1H3;7-8,10H,4-6H2,1-3H3;1H4. The number of rotatable bonds is 6. The third kappa shape index (κ3) is 11.2. The number of benzene rings is 4. The molecule has 0 radical (unpaired) electrons. The topological polar surface area (TPSA) is 131 Å². The number of hydrogen-bond donors (Lipinski definition) is 3. The van der Waals surface area contributed by atoms with Crippen LogP contribution >= 0.6 is 11.6 Å². The molecule has 3 N–H and O–H groups in total. The smallest absolute Gasteiger partial charge is 0.148 e. The zero-order valence-corrected chi connectivity index (χ0v) is 35.5. The molecule has 6 aromatic rings. The molecule has 2 heterocycles. The minimum Gasteiger partial charge on any atom is -0.505 e. The summed E-state index contributed by atoms with van der Waals surface area (Å²) < 4.78 is 6.25. The lowest BCUT2D eigenvalue weighted by molar-refractivity contribution is -0.0320. The molecular weight excluding hydrogens is 748 g/mol. The second-order valence-electron chi connectivity index (χ2n) is 18.1. The predicted molar refractivity (Wildman–Crippen MR) is 235 cm³/mol. The Morgan fingerprint density at radius 1 is 0.655 bits per heavy atom. The average molecular weight is 812 g/mol. The maximum atomic E-state index is 10.9. The zero-order chi connectivity index (χ0) is 41.1. The van der Waals surface area contributed by atoms with E-state index in [1.54, 1.807) is 0 Å². The molecule has 2 saturated carbocycles. The van der Waals surface area contributed by atoms with E-state index >= 15 is 0 Å². The van der Waals surface area contributed by atoms with Crippen molar-refractivity contribution in [3.8, 4) is 22.9 Å². The molecule has 0 spiro atoms. The highest BCUT2D eigenvalue weighted by atomic mass is 35.5. The Hall–Kier alpha value is -4.51. The number of aromatic nitrogens is 6. The molecule has 4 atom stereocenters. The van der Waals surface area contributed by atoms with Gasteiger partial charge in [0.15, 0.2) is 0 Å². The lowest BCUT2D eigenvalue weighted by Crippen LogP contribution is -2.32. The summed E-state index contributed by atoms with van der Waals surface area (Å²) in [5.74, 6) is 1.94. The molecule has 11 heteroatoms. The summed E-state index contributed by atoms with van der Waals surface area (Å²) >= 11 is 5.83. The zero-order valence-electron chi connectivity index (χ0n) is 34.7. The van der Waals surface area contributed by atoms with Crippen molar-refractivity contribution in [1.82, 2.24) is 30.0 Å². The molecule has 0 amide bonds. The summed E-state index contributed by atoms with van der Waals surface area (Å²) in [6, 6.07) is 22.9. The summed E-state index contributed by atoms with van der Waals surface area (Å²) in [5, 5.41) is 48.3. The van der Waals surface area contributed by atoms with Gasteiger partial charge in [0, 0.05) is 11.1 Å². The molecule has 2 aromatic heterocycles. The molecule has 2 fully saturated rings. The molecule has 8 rings (SSSR count). The third-order valence-corrected chi connectivity index (χ3v) is 11.2. The van der Waals surface area contributed by atoms with Gasteiger partial charge in [-0.25, -0.2) is 0 Å². The third-order valence-electron chi connectivity index (χ3n) is 11.0. The number of fused-ring (bicyclic) bond motifs is 2. The van der Waals surface area contributed by atoms with Crippen molar-refractivity contribution in [3.05, 3.63) is 95.1 Å². The number of aryl methyl sites for hydroxylation is 2. The average Bonchev–Trinajstić information content (AvgIpc) is 3.76. The van der Waals surface area contributed by atoms with Gasteiger partial charge in [-0.3, -0.25) is 0 Å². The second-order valence-corrected chi connectivity index (χ2v) is 18.4. The van der Waals surface area contributed by atoms with Crippen LogP contribution in [0.2, 0.25) is 0 Å². The number of aliphatic hydroxyl groups is 1. The number of phenolic OH excluding ortho intramolecular Hbond substituents is 2. The van der Waals surface area contributed by atoms with E-state index in [4.69, 9.17) is 16.3 Å². The van der Waals surface area contributed by atoms with Gasteiger partial charge in [-0.15, -0.1) is 41.6 Å². The summed E-state index contributed by atoms with van der Waals surface area (Å²) in [5.41, 5.74) is 8.52. The highest BCUT2D eigenvalue weighted by Gasteiger charge is 2.33. The Balaban J connectivity index is 0.000000184. The number of phenols is 2. The summed E-state index contributed by atoms with van der Waals surface area (Å²) in [6.45, 7) is 18.0. The largest absolute Gasteiger partial charge is 0.505 e. The van der Waals surface area contributed by atoms with Crippen molar-refractivity contribution >= 4 is 33.7 Å². The Morgan fingerprint density at radius 2 is 1.07 bits per heavy atom. The number of hydrogen-bond acceptors (Lipinski definition) is 8. The van der Waals surface area contributed by atoms with Crippen molar-refractivity contribution in [1.29, 1.82) is 0 Å². The summed E-state index contributed by atoms with van der Waals surface area (Å²) in [4.78, 5) is 2.96. The van der Waals surface area contributed by atoms with Crippen molar-refractivity contribution in [3.63, 3.8) is 0 Å². The number of alkyl halides is 1. The van der Waals surface area contributed by atoms with Gasteiger partial charge in [-0.05, 0) is 129 Å². The number of halogens is 1. The van der Waals surface area contributed by atoms with Gasteiger partial charge in [-0.2, -0.15) is 0 Å². The van der Waals surface area contributed by atoms with Gasteiger partial charge in [0.1, 0.15) is 44.9 Å². The number of aromatic hydroxyl groups is 2. The fraction of sp³-hybridized carbons (Fsp3) is 0.489. The lowest BCUT2D eigenvalue weighted by Gasteiger charge is -2.38. The first kappa shape index (κ1) is 44.6. The summed E-state index contributed by atoms with van der Waals surface area (Å²) in [6.07, 6.45) is 6.82. The normalized spacial score (nSPS) is 21.0. The predicted octanol–water partition coefficient (Wildman–Crippen LogP) is 11.2. The summed E-state index contributed by atoms with van der Waals surface area (Å²) in [7, 11) is 0. The van der Waals surface area contributed by atoms with Crippen LogP contribution in [0.4, 0.5) is 0 Å². The lowest BCUT2D eigenvalue weighted by atomic mass is 9.71. The van der Waals surface area contributed by atoms with Crippen molar-refractivity contribution < 1.29 is 20.1 Å². The molecule has 10 nitrogen and oxygen atoms in total. The SMILES string of the molecule is C.CC1CC(O)CC(C)(C)C1.Cc1cc(CCl)c(O)c(-n2nc3ccccc3n2)c1.Cc1cc(COC2CC(C)CC(C)(C)C2)c(O)c(-n2nc3ccccc3n2)c1. The van der Waals surface area contributed by atoms with E-state index in [0.717, 1.165) is 64.4 Å². The Bertz CT molecular complexity index is 2220. The molecular formula is C47H63ClN6O4. The molecule has 58 heavy (non-hydrogen) atoms. The number of ether oxygens (including phenoxy) is 1. The molecule has 2 aliphatic carbocycles. The first-order valence-corrected chi connectivity index (χ1v) is 20.7. The Labute approximate surface area is 349 Å². The van der Waals surface area contributed by atoms with E-state index in [1.807, 2.05) is 86.6 Å². The molecule has 0 aliphatic heterocycles. The van der Waals surface area contributed by atoms with Gasteiger partial charge in [0.05, 0.1) is 24.7 Å². The maximum Gasteiger partial charge on any atom is 0.148 e. The quantitative estimate of drug-likeness (QED) is 0.142. The van der Waals surface area contributed by atoms with Crippen molar-refractivity contribution in [2.75, 3.05) is 0 Å². The van der Waals surface area contributed by atoms with Crippen molar-refractivity contribution in [2.24, 2.45) is 22.7 Å². The van der Waals surface area contributed by atoms with Crippen LogP contribution in [0, 0.1) is 36.5 Å². The van der Waals surface area contributed by atoms with Crippen LogP contribution in [0.3, 0.4) is 0 Å². The highest BCUT2D eigenvalue weighted by Crippen LogP contribution is 2.41. The maximum absolute atomic E-state index is 10.9. The van der Waals surface area contributed by atoms with E-state index in [0.29, 0.717) is 46.2 Å². The van der Waals surface area contributed by atoms with Gasteiger partial charge < -0.3 is 20.1 Å². The number of aliphatic hydroxyl groups excluding tert-OH is 1. The fourth-order valence-electron chi connectivity index (χ4n) is 9.01. The van der Waals surface area contributed by atoms with E-state index in [9.17, 15) is 15.3 Å². The molecule has 4 aromatic carbocycles. The number of nitrogens with zero attached hydrogens (tertiary/aromatic N) is 6. The second kappa shape index (κ2) is 18.6. The molecule has 4 unspecified atom stereocenters. The van der Waals surface area contributed by atoms with Crippen LogP contribution in [0.5, 0.6) is 11.5 Å². The Morgan fingerprint density at radius 3 is 1.48 bits per heavy atom. The molecule has 2 aliphatic rings. The van der Waals surface area contributed by atoms with Gasteiger partial charge in [0.25, 0.3) is 0 Å². The Kier molecular flexibility index (Phi) is 14.3. The van der Waals surface area contributed by atoms with Crippen LogP contribution in [0.1, 0.15) is 110 Å². The van der Waals surface area contributed by atoms with Crippen LogP contribution in [0.25, 0.3) is 33.4 Å². The molecule has 0 saturated heterocycles. The van der Waals surface area contributed by atoms with Gasteiger partial charge in [0.2, 0.25) is 0 Å².